The van der Waals surface area contributed by atoms with Gasteiger partial charge >= 0.3 is 11.9 Å². The van der Waals surface area contributed by atoms with Crippen LogP contribution in [0.3, 0.4) is 0 Å². The van der Waals surface area contributed by atoms with Crippen molar-refractivity contribution in [3.05, 3.63) is 0 Å². The van der Waals surface area contributed by atoms with Crippen molar-refractivity contribution in [2.45, 2.75) is 149 Å². The second kappa shape index (κ2) is 20.3. The Balaban J connectivity index is 5.41. The van der Waals surface area contributed by atoms with Gasteiger partial charge in [-0.2, -0.15) is 0 Å². The quantitative estimate of drug-likeness (QED) is 0.139. The van der Waals surface area contributed by atoms with Crippen LogP contribution in [0.25, 0.3) is 0 Å². The number of carbonyl (C=O) groups is 2. The molecule has 2 N–H and O–H groups in total. The van der Waals surface area contributed by atoms with Gasteiger partial charge in [-0.05, 0) is 31.1 Å². The molecule has 0 aromatic rings. The van der Waals surface area contributed by atoms with E-state index in [0.29, 0.717) is 18.9 Å². The van der Waals surface area contributed by atoms with Gasteiger partial charge in [-0.15, -0.1) is 0 Å². The smallest absolute Gasteiger partial charge is 0.336 e. The summed E-state index contributed by atoms with van der Waals surface area (Å²) in [5, 5.41) is 19.8. The molecule has 0 aromatic carbocycles. The normalized spacial score (nSPS) is 15.2. The first kappa shape index (κ1) is 31.9. The second-order valence-electron chi connectivity index (χ2n) is 10.1. The second-order valence-corrected chi connectivity index (χ2v) is 10.1. The van der Waals surface area contributed by atoms with E-state index in [-0.39, 0.29) is 5.92 Å². The fourth-order valence-corrected chi connectivity index (χ4v) is 4.76. The largest absolute Gasteiger partial charge is 0.481 e. The lowest BCUT2D eigenvalue weighted by Gasteiger charge is -2.34. The summed E-state index contributed by atoms with van der Waals surface area (Å²) in [5.74, 6) is -1.71. The molecule has 0 bridgehead atoms. The molecule has 0 saturated heterocycles. The van der Waals surface area contributed by atoms with E-state index in [1.807, 2.05) is 0 Å². The molecule has 3 unspecified atom stereocenters. The molecule has 0 fully saturated rings. The van der Waals surface area contributed by atoms with E-state index in [0.717, 1.165) is 77.0 Å². The molecule has 0 heterocycles. The van der Waals surface area contributed by atoms with Crippen molar-refractivity contribution in [3.8, 4) is 0 Å². The van der Waals surface area contributed by atoms with E-state index in [9.17, 15) is 19.8 Å². The zero-order valence-electron chi connectivity index (χ0n) is 22.2. The first-order valence-corrected chi connectivity index (χ1v) is 13.9. The van der Waals surface area contributed by atoms with Crippen LogP contribution in [-0.2, 0) is 14.3 Å². The van der Waals surface area contributed by atoms with E-state index in [1.165, 1.54) is 25.7 Å². The van der Waals surface area contributed by atoms with Crippen molar-refractivity contribution in [1.82, 2.24) is 0 Å². The summed E-state index contributed by atoms with van der Waals surface area (Å²) in [4.78, 5) is 24.2. The average Bonchev–Trinajstić information content (AvgIpc) is 2.78. The molecule has 5 heteroatoms. The maximum absolute atomic E-state index is 12.5. The molecule has 0 radical (unpaired) electrons. The van der Waals surface area contributed by atoms with Gasteiger partial charge in [0.1, 0.15) is 0 Å². The van der Waals surface area contributed by atoms with Gasteiger partial charge in [-0.1, -0.05) is 118 Å². The predicted molar refractivity (Wildman–Crippen MR) is 137 cm³/mol. The van der Waals surface area contributed by atoms with Crippen LogP contribution < -0.4 is 0 Å². The Kier molecular flexibility index (Phi) is 19.6. The third kappa shape index (κ3) is 15.4. The van der Waals surface area contributed by atoms with Gasteiger partial charge in [0.15, 0.2) is 5.60 Å². The van der Waals surface area contributed by atoms with Crippen LogP contribution in [0, 0.1) is 11.8 Å². The Morgan fingerprint density at radius 2 is 1.12 bits per heavy atom. The van der Waals surface area contributed by atoms with Gasteiger partial charge in [0.05, 0.1) is 13.0 Å². The van der Waals surface area contributed by atoms with Gasteiger partial charge < -0.3 is 14.9 Å². The van der Waals surface area contributed by atoms with E-state index in [1.54, 1.807) is 0 Å². The average molecular weight is 471 g/mol. The minimum absolute atomic E-state index is 0.191. The zero-order chi connectivity index (χ0) is 25.0. The maximum atomic E-state index is 12.5. The van der Waals surface area contributed by atoms with Gasteiger partial charge in [-0.25, -0.2) is 4.79 Å². The summed E-state index contributed by atoms with van der Waals surface area (Å²) in [6.07, 6.45) is 17.4. The van der Waals surface area contributed by atoms with Crippen molar-refractivity contribution in [2.24, 2.45) is 11.8 Å². The summed E-state index contributed by atoms with van der Waals surface area (Å²) in [7, 11) is 0. The third-order valence-corrected chi connectivity index (χ3v) is 6.90. The summed E-state index contributed by atoms with van der Waals surface area (Å²) in [6, 6.07) is 0. The molecule has 0 amide bonds. The number of rotatable bonds is 24. The van der Waals surface area contributed by atoms with E-state index in [4.69, 9.17) is 4.74 Å². The maximum Gasteiger partial charge on any atom is 0.336 e. The number of unbranched alkanes of at least 4 members (excludes halogenated alkanes) is 8. The highest BCUT2D eigenvalue weighted by molar-refractivity contribution is 5.84. The number of carboxylic acid groups (broad SMARTS) is 2. The van der Waals surface area contributed by atoms with Crippen LogP contribution in [0.15, 0.2) is 0 Å². The highest BCUT2D eigenvalue weighted by Crippen LogP contribution is 2.33. The Bertz CT molecular complexity index is 493. The molecule has 0 aliphatic heterocycles. The minimum Gasteiger partial charge on any atom is -0.481 e. The van der Waals surface area contributed by atoms with Crippen LogP contribution in [0.1, 0.15) is 143 Å². The molecule has 196 valence electrons. The third-order valence-electron chi connectivity index (χ3n) is 6.90. The van der Waals surface area contributed by atoms with Gasteiger partial charge in [-0.3, -0.25) is 4.79 Å². The first-order chi connectivity index (χ1) is 15.8. The van der Waals surface area contributed by atoms with Gasteiger partial charge in [0.2, 0.25) is 0 Å². The summed E-state index contributed by atoms with van der Waals surface area (Å²) in [5.41, 5.74) is -1.62. The van der Waals surface area contributed by atoms with E-state index < -0.39 is 24.0 Å². The standard InChI is InChI=1S/C28H54O5/c1-5-9-13-15-19-24(17-11-7-3)21-28(27(31)32,22-26(29)30)33-23-25(18-12-8-4)20-16-14-10-6-2/h24-25H,5-23H2,1-4H3,(H,29,30)(H,31,32). The Labute approximate surface area is 204 Å². The highest BCUT2D eigenvalue weighted by atomic mass is 16.5. The lowest BCUT2D eigenvalue weighted by molar-refractivity contribution is -0.178. The van der Waals surface area contributed by atoms with E-state index in [2.05, 4.69) is 27.7 Å². The molecule has 3 atom stereocenters. The predicted octanol–water partition coefficient (Wildman–Crippen LogP) is 8.24. The van der Waals surface area contributed by atoms with Crippen molar-refractivity contribution >= 4 is 11.9 Å². The zero-order valence-corrected chi connectivity index (χ0v) is 22.2. The Morgan fingerprint density at radius 1 is 0.667 bits per heavy atom. The summed E-state index contributed by atoms with van der Waals surface area (Å²) < 4.78 is 6.18. The minimum atomic E-state index is -1.62. The Hall–Kier alpha value is -1.10. The van der Waals surface area contributed by atoms with E-state index >= 15 is 0 Å². The monoisotopic (exact) mass is 470 g/mol. The molecule has 0 aliphatic carbocycles. The lowest BCUT2D eigenvalue weighted by atomic mass is 9.82. The molecule has 5 nitrogen and oxygen atoms in total. The molecule has 0 saturated carbocycles. The molecular formula is C28H54O5. The fourth-order valence-electron chi connectivity index (χ4n) is 4.76. The van der Waals surface area contributed by atoms with Gasteiger partial charge in [0, 0.05) is 0 Å². The van der Waals surface area contributed by atoms with Crippen molar-refractivity contribution < 1.29 is 24.5 Å². The van der Waals surface area contributed by atoms with Crippen molar-refractivity contribution in [1.29, 1.82) is 0 Å². The highest BCUT2D eigenvalue weighted by Gasteiger charge is 2.44. The van der Waals surface area contributed by atoms with Crippen LogP contribution in [0.5, 0.6) is 0 Å². The Morgan fingerprint density at radius 3 is 1.58 bits per heavy atom. The number of hydrogen-bond donors (Lipinski definition) is 2. The fraction of sp³-hybridized carbons (Fsp3) is 0.929. The number of carboxylic acids is 2. The van der Waals surface area contributed by atoms with Crippen LogP contribution in [-0.4, -0.2) is 34.4 Å². The SMILES string of the molecule is CCCCCCC(CCCC)COC(CC(=O)O)(CC(CCCC)CCCCCC)C(=O)O. The first-order valence-electron chi connectivity index (χ1n) is 13.9. The van der Waals surface area contributed by atoms with Gasteiger partial charge in [0.25, 0.3) is 0 Å². The number of hydrogen-bond acceptors (Lipinski definition) is 3. The topological polar surface area (TPSA) is 83.8 Å². The summed E-state index contributed by atoms with van der Waals surface area (Å²) in [6.45, 7) is 9.03. The van der Waals surface area contributed by atoms with Crippen LogP contribution in [0.2, 0.25) is 0 Å². The van der Waals surface area contributed by atoms with Crippen LogP contribution in [0.4, 0.5) is 0 Å². The molecule has 0 aromatic heterocycles. The van der Waals surface area contributed by atoms with Crippen molar-refractivity contribution in [3.63, 3.8) is 0 Å². The molecule has 0 aliphatic rings. The molecular weight excluding hydrogens is 416 g/mol. The number of aliphatic carboxylic acids is 2. The molecule has 33 heavy (non-hydrogen) atoms. The number of ether oxygens (including phenoxy) is 1. The molecule has 0 spiro atoms. The summed E-state index contributed by atoms with van der Waals surface area (Å²) >= 11 is 0. The van der Waals surface area contributed by atoms with Crippen molar-refractivity contribution in [2.75, 3.05) is 6.61 Å². The molecule has 0 rings (SSSR count). The lowest BCUT2D eigenvalue weighted by Crippen LogP contribution is -2.46. The van der Waals surface area contributed by atoms with Crippen LogP contribution >= 0.6 is 0 Å².